The van der Waals surface area contributed by atoms with Crippen LogP contribution in [0.1, 0.15) is 45.6 Å². The predicted octanol–water partition coefficient (Wildman–Crippen LogP) is 4.67. The minimum Gasteiger partial charge on any atom is -0.385 e. The highest BCUT2D eigenvalue weighted by Gasteiger charge is 2.33. The first-order valence-corrected chi connectivity index (χ1v) is 8.34. The molecule has 2 unspecified atom stereocenters. The van der Waals surface area contributed by atoms with Gasteiger partial charge in [-0.15, -0.1) is 0 Å². The first-order chi connectivity index (χ1) is 10.0. The van der Waals surface area contributed by atoms with E-state index in [0.717, 1.165) is 35.0 Å². The summed E-state index contributed by atoms with van der Waals surface area (Å²) in [6.45, 7) is 6.36. The van der Waals surface area contributed by atoms with Crippen molar-refractivity contribution in [3.05, 3.63) is 46.7 Å². The highest BCUT2D eigenvalue weighted by atomic mass is 79.9. The van der Waals surface area contributed by atoms with Crippen molar-refractivity contribution in [3.8, 4) is 5.69 Å². The average Bonchev–Trinajstić information content (AvgIpc) is 2.93. The minimum absolute atomic E-state index is 0.238. The van der Waals surface area contributed by atoms with Crippen LogP contribution < -0.4 is 0 Å². The van der Waals surface area contributed by atoms with Crippen molar-refractivity contribution in [1.82, 2.24) is 9.78 Å². The number of hydrogen-bond acceptors (Lipinski definition) is 2. The normalized spacial score (nSPS) is 15.7. The number of rotatable bonds is 6. The number of aliphatic hydroxyl groups is 1. The van der Waals surface area contributed by atoms with Crippen molar-refractivity contribution in [1.29, 1.82) is 0 Å². The molecule has 4 heteroatoms. The minimum atomic E-state index is -0.743. The molecule has 0 saturated carbocycles. The summed E-state index contributed by atoms with van der Waals surface area (Å²) in [4.78, 5) is 0. The summed E-state index contributed by atoms with van der Waals surface area (Å²) in [5.74, 6) is 0.238. The topological polar surface area (TPSA) is 38.0 Å². The third-order valence-electron chi connectivity index (χ3n) is 4.24. The first-order valence-electron chi connectivity index (χ1n) is 7.54. The van der Waals surface area contributed by atoms with Crippen molar-refractivity contribution in [2.75, 3.05) is 0 Å². The van der Waals surface area contributed by atoms with Crippen LogP contribution in [0.4, 0.5) is 0 Å². The smallest absolute Gasteiger partial charge is 0.0921 e. The van der Waals surface area contributed by atoms with Gasteiger partial charge in [-0.2, -0.15) is 5.10 Å². The van der Waals surface area contributed by atoms with Crippen LogP contribution in [0.2, 0.25) is 0 Å². The second-order valence-electron chi connectivity index (χ2n) is 5.63. The SMILES string of the molecule is CCCC(O)(c1ccc(-n2cc(Br)cn2)cc1)C(C)CC. The fourth-order valence-electron chi connectivity index (χ4n) is 2.74. The molecule has 114 valence electrons. The van der Waals surface area contributed by atoms with E-state index in [9.17, 15) is 5.11 Å². The van der Waals surface area contributed by atoms with Crippen LogP contribution in [0.3, 0.4) is 0 Å². The van der Waals surface area contributed by atoms with E-state index in [1.807, 2.05) is 35.1 Å². The molecule has 0 aliphatic rings. The van der Waals surface area contributed by atoms with Gasteiger partial charge in [-0.3, -0.25) is 0 Å². The van der Waals surface area contributed by atoms with Gasteiger partial charge in [0.15, 0.2) is 0 Å². The molecule has 2 aromatic rings. The highest BCUT2D eigenvalue weighted by molar-refractivity contribution is 9.10. The summed E-state index contributed by atoms with van der Waals surface area (Å²) in [6.07, 6.45) is 6.40. The number of benzene rings is 1. The molecule has 0 aliphatic heterocycles. The van der Waals surface area contributed by atoms with E-state index < -0.39 is 5.60 Å². The second-order valence-corrected chi connectivity index (χ2v) is 6.55. The molecule has 1 N–H and O–H groups in total. The summed E-state index contributed by atoms with van der Waals surface area (Å²) in [5.41, 5.74) is 1.24. The van der Waals surface area contributed by atoms with E-state index >= 15 is 0 Å². The second kappa shape index (κ2) is 6.75. The Labute approximate surface area is 135 Å². The molecule has 0 saturated heterocycles. The molecule has 0 aliphatic carbocycles. The Hall–Kier alpha value is -1.13. The Bertz CT molecular complexity index is 579. The molecule has 2 rings (SSSR count). The molecule has 2 atom stereocenters. The third-order valence-corrected chi connectivity index (χ3v) is 4.65. The third kappa shape index (κ3) is 3.38. The van der Waals surface area contributed by atoms with Crippen LogP contribution in [0, 0.1) is 5.92 Å². The van der Waals surface area contributed by atoms with E-state index in [-0.39, 0.29) is 5.92 Å². The summed E-state index contributed by atoms with van der Waals surface area (Å²) >= 11 is 3.40. The Balaban J connectivity index is 2.31. The van der Waals surface area contributed by atoms with Crippen LogP contribution in [0.15, 0.2) is 41.1 Å². The number of halogens is 1. The fraction of sp³-hybridized carbons (Fsp3) is 0.471. The quantitative estimate of drug-likeness (QED) is 0.821. The molecule has 1 heterocycles. The molecule has 3 nitrogen and oxygen atoms in total. The molecule has 1 aromatic carbocycles. The maximum Gasteiger partial charge on any atom is 0.0921 e. The Morgan fingerprint density at radius 3 is 2.43 bits per heavy atom. The van der Waals surface area contributed by atoms with Crippen LogP contribution in [0.25, 0.3) is 5.69 Å². The van der Waals surface area contributed by atoms with Crippen molar-refractivity contribution in [3.63, 3.8) is 0 Å². The molecular weight excluding hydrogens is 328 g/mol. The molecule has 0 bridgehead atoms. The van der Waals surface area contributed by atoms with E-state index in [2.05, 4.69) is 41.8 Å². The van der Waals surface area contributed by atoms with Gasteiger partial charge in [0.05, 0.1) is 22.0 Å². The van der Waals surface area contributed by atoms with Crippen molar-refractivity contribution in [2.24, 2.45) is 5.92 Å². The monoisotopic (exact) mass is 350 g/mol. The molecule has 1 aromatic heterocycles. The summed E-state index contributed by atoms with van der Waals surface area (Å²) in [6, 6.07) is 8.06. The van der Waals surface area contributed by atoms with Gasteiger partial charge in [0.2, 0.25) is 0 Å². The van der Waals surface area contributed by atoms with E-state index in [4.69, 9.17) is 0 Å². The Kier molecular flexibility index (Phi) is 5.22. The molecule has 0 spiro atoms. The van der Waals surface area contributed by atoms with Crippen molar-refractivity contribution < 1.29 is 5.11 Å². The van der Waals surface area contributed by atoms with Crippen molar-refractivity contribution in [2.45, 2.75) is 45.6 Å². The summed E-state index contributed by atoms with van der Waals surface area (Å²) in [7, 11) is 0. The predicted molar refractivity (Wildman–Crippen MR) is 89.5 cm³/mol. The van der Waals surface area contributed by atoms with Gasteiger partial charge in [0.25, 0.3) is 0 Å². The van der Waals surface area contributed by atoms with E-state index in [1.54, 1.807) is 6.20 Å². The number of hydrogen-bond donors (Lipinski definition) is 1. The zero-order valence-corrected chi connectivity index (χ0v) is 14.5. The van der Waals surface area contributed by atoms with Gasteiger partial charge in [-0.05, 0) is 46.0 Å². The largest absolute Gasteiger partial charge is 0.385 e. The van der Waals surface area contributed by atoms with Gasteiger partial charge >= 0.3 is 0 Å². The lowest BCUT2D eigenvalue weighted by Crippen LogP contribution is -2.33. The first kappa shape index (κ1) is 16.2. The van der Waals surface area contributed by atoms with Crippen LogP contribution in [-0.4, -0.2) is 14.9 Å². The van der Waals surface area contributed by atoms with E-state index in [0.29, 0.717) is 0 Å². The number of aromatic nitrogens is 2. The van der Waals surface area contributed by atoms with Crippen LogP contribution in [-0.2, 0) is 5.60 Å². The molecule has 0 fully saturated rings. The number of nitrogens with zero attached hydrogens (tertiary/aromatic N) is 2. The lowest BCUT2D eigenvalue weighted by Gasteiger charge is -2.34. The maximum absolute atomic E-state index is 11.1. The van der Waals surface area contributed by atoms with Gasteiger partial charge in [0.1, 0.15) is 0 Å². The molecular formula is C17H23BrN2O. The fourth-order valence-corrected chi connectivity index (χ4v) is 3.02. The summed E-state index contributed by atoms with van der Waals surface area (Å²) < 4.78 is 2.77. The van der Waals surface area contributed by atoms with Gasteiger partial charge < -0.3 is 5.11 Å². The molecule has 21 heavy (non-hydrogen) atoms. The lowest BCUT2D eigenvalue weighted by molar-refractivity contribution is -0.0274. The van der Waals surface area contributed by atoms with Crippen molar-refractivity contribution >= 4 is 15.9 Å². The van der Waals surface area contributed by atoms with Crippen LogP contribution >= 0.6 is 15.9 Å². The Morgan fingerprint density at radius 1 is 1.29 bits per heavy atom. The average molecular weight is 351 g/mol. The van der Waals surface area contributed by atoms with Crippen LogP contribution in [0.5, 0.6) is 0 Å². The molecule has 0 radical (unpaired) electrons. The maximum atomic E-state index is 11.1. The molecule has 0 amide bonds. The van der Waals surface area contributed by atoms with Gasteiger partial charge in [-0.25, -0.2) is 4.68 Å². The Morgan fingerprint density at radius 2 is 1.95 bits per heavy atom. The standard InChI is InChI=1S/C17H23BrN2O/c1-4-10-17(21,13(3)5-2)14-6-8-16(9-7-14)20-12-15(18)11-19-20/h6-9,11-13,21H,4-5,10H2,1-3H3. The highest BCUT2D eigenvalue weighted by Crippen LogP contribution is 2.36. The van der Waals surface area contributed by atoms with Gasteiger partial charge in [0, 0.05) is 6.20 Å². The zero-order chi connectivity index (χ0) is 15.5. The van der Waals surface area contributed by atoms with E-state index in [1.165, 1.54) is 0 Å². The lowest BCUT2D eigenvalue weighted by atomic mass is 9.78. The zero-order valence-electron chi connectivity index (χ0n) is 12.9. The summed E-state index contributed by atoms with van der Waals surface area (Å²) in [5, 5.41) is 15.4. The van der Waals surface area contributed by atoms with Gasteiger partial charge in [-0.1, -0.05) is 45.7 Å².